The van der Waals surface area contributed by atoms with Crippen molar-refractivity contribution in [1.29, 1.82) is 0 Å². The summed E-state index contributed by atoms with van der Waals surface area (Å²) >= 11 is 7.00. The maximum atomic E-state index is 14.5. The van der Waals surface area contributed by atoms with E-state index >= 15 is 0 Å². The van der Waals surface area contributed by atoms with Crippen LogP contribution >= 0.6 is 23.1 Å². The number of fused-ring (bicyclic) bond motifs is 1. The van der Waals surface area contributed by atoms with E-state index in [-0.39, 0.29) is 30.3 Å². The highest BCUT2D eigenvalue weighted by Crippen LogP contribution is 2.28. The number of nitrogens with one attached hydrogen (secondary N) is 1. The minimum Gasteiger partial charge on any atom is -0.364 e. The van der Waals surface area contributed by atoms with Gasteiger partial charge in [0.15, 0.2) is 11.5 Å². The molecule has 15 heteroatoms. The average Bonchev–Trinajstić information content (AvgIpc) is 3.70. The first-order chi connectivity index (χ1) is 20.3. The van der Waals surface area contributed by atoms with Crippen LogP contribution in [0.15, 0.2) is 60.9 Å². The van der Waals surface area contributed by atoms with Crippen LogP contribution in [0.3, 0.4) is 0 Å². The van der Waals surface area contributed by atoms with E-state index in [0.717, 1.165) is 22.7 Å². The van der Waals surface area contributed by atoms with Crippen molar-refractivity contribution < 1.29 is 18.8 Å². The van der Waals surface area contributed by atoms with Gasteiger partial charge in [-0.15, -0.1) is 0 Å². The van der Waals surface area contributed by atoms with Gasteiger partial charge in [0.05, 0.1) is 24.5 Å². The van der Waals surface area contributed by atoms with Crippen LogP contribution in [0, 0.1) is 0 Å². The molecule has 0 aliphatic carbocycles. The van der Waals surface area contributed by atoms with Crippen molar-refractivity contribution in [3.05, 3.63) is 71.6 Å². The summed E-state index contributed by atoms with van der Waals surface area (Å²) in [4.78, 5) is 44.3. The van der Waals surface area contributed by atoms with Crippen LogP contribution in [0.4, 0.5) is 9.52 Å². The van der Waals surface area contributed by atoms with E-state index in [1.165, 1.54) is 9.58 Å². The molecule has 0 spiro atoms. The molecule has 1 aliphatic heterocycles. The Morgan fingerprint density at radius 1 is 1.10 bits per heavy atom. The maximum absolute atomic E-state index is 14.5. The minimum absolute atomic E-state index is 0.0208. The zero-order valence-corrected chi connectivity index (χ0v) is 23.2. The number of halogens is 2. The number of hydrogen-bond donors (Lipinski definition) is 2. The number of carbonyl (C=O) groups is 3. The van der Waals surface area contributed by atoms with Crippen molar-refractivity contribution in [2.24, 2.45) is 5.73 Å². The molecule has 0 radical (unpaired) electrons. The SMILES string of the molecule is NC(=O)c1nn(CC(=O)N2C[C@H](F)C[C@H]2C(=O)Nc2nc(-c3cccc(Cl)c3)ns2)c2ccc(-c3ccnnc3)cc12. The first-order valence-corrected chi connectivity index (χ1v) is 13.8. The predicted molar refractivity (Wildman–Crippen MR) is 153 cm³/mol. The van der Waals surface area contributed by atoms with Crippen LogP contribution in [-0.4, -0.2) is 70.7 Å². The summed E-state index contributed by atoms with van der Waals surface area (Å²) in [5.41, 5.74) is 8.22. The smallest absolute Gasteiger partial charge is 0.269 e. The molecular formula is C27H21ClFN9O3S. The molecule has 3 aromatic heterocycles. The predicted octanol–water partition coefficient (Wildman–Crippen LogP) is 3.34. The summed E-state index contributed by atoms with van der Waals surface area (Å²) in [6.07, 6.45) is 1.55. The molecule has 42 heavy (non-hydrogen) atoms. The summed E-state index contributed by atoms with van der Waals surface area (Å²) in [5, 5.41) is 15.7. The fraction of sp³-hybridized carbons (Fsp3) is 0.185. The molecule has 1 fully saturated rings. The van der Waals surface area contributed by atoms with E-state index in [2.05, 4.69) is 30.0 Å². The number of aromatic nitrogens is 6. The number of anilines is 1. The van der Waals surface area contributed by atoms with Gasteiger partial charge in [0, 0.05) is 39.5 Å². The van der Waals surface area contributed by atoms with Crippen LogP contribution in [0.5, 0.6) is 0 Å². The molecule has 2 atom stereocenters. The van der Waals surface area contributed by atoms with E-state index in [1.54, 1.807) is 60.9 Å². The first-order valence-electron chi connectivity index (χ1n) is 12.7. The number of alkyl halides is 1. The number of nitrogens with two attached hydrogens (primary N) is 1. The molecule has 6 rings (SSSR count). The Morgan fingerprint density at radius 3 is 2.71 bits per heavy atom. The summed E-state index contributed by atoms with van der Waals surface area (Å²) in [5.74, 6) is -1.53. The number of benzene rings is 2. The molecule has 0 bridgehead atoms. The van der Waals surface area contributed by atoms with Crippen LogP contribution in [0.2, 0.25) is 5.02 Å². The minimum atomic E-state index is -1.40. The molecule has 12 nitrogen and oxygen atoms in total. The average molecular weight is 606 g/mol. The third-order valence-corrected chi connectivity index (χ3v) is 7.66. The van der Waals surface area contributed by atoms with Gasteiger partial charge in [-0.3, -0.25) is 24.4 Å². The molecule has 0 saturated carbocycles. The number of nitrogens with zero attached hydrogens (tertiary/aromatic N) is 7. The van der Waals surface area contributed by atoms with Crippen molar-refractivity contribution in [2.45, 2.75) is 25.2 Å². The standard InChI is InChI=1S/C27H21ClFN9O3S/c28-17-3-1-2-15(8-17)25-33-27(42-36-25)34-26(41)21-10-18(29)12-37(21)22(39)13-38-20-5-4-14(16-6-7-31-32-11-16)9-19(20)23(35-38)24(30)40/h1-9,11,18,21H,10,12-13H2,(H2,30,40)(H,33,34,36,41)/t18-,21+/m1/s1. The summed E-state index contributed by atoms with van der Waals surface area (Å²) in [7, 11) is 0. The van der Waals surface area contributed by atoms with Gasteiger partial charge in [-0.25, -0.2) is 4.39 Å². The highest BCUT2D eigenvalue weighted by Gasteiger charge is 2.40. The van der Waals surface area contributed by atoms with Crippen LogP contribution in [0.1, 0.15) is 16.9 Å². The van der Waals surface area contributed by atoms with E-state index in [4.69, 9.17) is 17.3 Å². The number of carbonyl (C=O) groups excluding carboxylic acids is 3. The molecule has 1 saturated heterocycles. The van der Waals surface area contributed by atoms with Crippen LogP contribution in [0.25, 0.3) is 33.4 Å². The number of likely N-dealkylation sites (tertiary alicyclic amines) is 1. The lowest BCUT2D eigenvalue weighted by atomic mass is 10.0. The molecule has 5 aromatic rings. The third-order valence-electron chi connectivity index (χ3n) is 6.80. The topological polar surface area (TPSA) is 162 Å². The zero-order chi connectivity index (χ0) is 29.4. The maximum Gasteiger partial charge on any atom is 0.269 e. The normalized spacial score (nSPS) is 16.6. The summed E-state index contributed by atoms with van der Waals surface area (Å²) in [6, 6.07) is 12.9. The highest BCUT2D eigenvalue weighted by molar-refractivity contribution is 7.10. The van der Waals surface area contributed by atoms with Gasteiger partial charge < -0.3 is 10.6 Å². The molecule has 212 valence electrons. The molecule has 2 aromatic carbocycles. The van der Waals surface area contributed by atoms with Gasteiger partial charge in [0.2, 0.25) is 16.9 Å². The lowest BCUT2D eigenvalue weighted by molar-refractivity contribution is -0.137. The van der Waals surface area contributed by atoms with E-state index < -0.39 is 29.9 Å². The fourth-order valence-corrected chi connectivity index (χ4v) is 5.64. The zero-order valence-electron chi connectivity index (χ0n) is 21.6. The molecule has 3 N–H and O–H groups in total. The van der Waals surface area contributed by atoms with E-state index in [0.29, 0.717) is 27.3 Å². The van der Waals surface area contributed by atoms with Gasteiger partial charge in [-0.1, -0.05) is 29.8 Å². The molecule has 1 aliphatic rings. The Labute approximate surface area is 246 Å². The van der Waals surface area contributed by atoms with E-state index in [9.17, 15) is 18.8 Å². The Hall–Kier alpha value is -4.82. The number of amides is 3. The second-order valence-corrected chi connectivity index (χ2v) is 10.7. The summed E-state index contributed by atoms with van der Waals surface area (Å²) in [6.45, 7) is -0.601. The van der Waals surface area contributed by atoms with Crippen LogP contribution < -0.4 is 11.1 Å². The largest absolute Gasteiger partial charge is 0.364 e. The van der Waals surface area contributed by atoms with Gasteiger partial charge in [0.25, 0.3) is 5.91 Å². The first kappa shape index (κ1) is 27.4. The molecule has 0 unspecified atom stereocenters. The second kappa shape index (κ2) is 11.2. The Balaban J connectivity index is 1.21. The van der Waals surface area contributed by atoms with Crippen molar-refractivity contribution in [1.82, 2.24) is 34.2 Å². The quantitative estimate of drug-likeness (QED) is 0.285. The molecular weight excluding hydrogens is 585 g/mol. The molecule has 4 heterocycles. The lowest BCUT2D eigenvalue weighted by Gasteiger charge is -2.23. The van der Waals surface area contributed by atoms with Crippen molar-refractivity contribution >= 4 is 56.9 Å². The Morgan fingerprint density at radius 2 is 1.95 bits per heavy atom. The number of primary amides is 1. The van der Waals surface area contributed by atoms with Gasteiger partial charge in [-0.2, -0.15) is 24.7 Å². The van der Waals surface area contributed by atoms with Gasteiger partial charge in [0.1, 0.15) is 18.8 Å². The summed E-state index contributed by atoms with van der Waals surface area (Å²) < 4.78 is 20.1. The van der Waals surface area contributed by atoms with Crippen molar-refractivity contribution in [3.8, 4) is 22.5 Å². The fourth-order valence-electron chi connectivity index (χ4n) is 4.86. The van der Waals surface area contributed by atoms with E-state index in [1.807, 2.05) is 0 Å². The Bertz CT molecular complexity index is 1830. The third kappa shape index (κ3) is 5.41. The molecule has 3 amide bonds. The van der Waals surface area contributed by atoms with Gasteiger partial charge >= 0.3 is 0 Å². The Kier molecular flexibility index (Phi) is 7.31. The van der Waals surface area contributed by atoms with Crippen molar-refractivity contribution in [3.63, 3.8) is 0 Å². The second-order valence-electron chi connectivity index (χ2n) is 9.55. The lowest BCUT2D eigenvalue weighted by Crippen LogP contribution is -2.44. The van der Waals surface area contributed by atoms with Crippen molar-refractivity contribution in [2.75, 3.05) is 11.9 Å². The number of hydrogen-bond acceptors (Lipinski definition) is 9. The monoisotopic (exact) mass is 605 g/mol. The highest BCUT2D eigenvalue weighted by atomic mass is 35.5. The number of rotatable bonds is 7. The van der Waals surface area contributed by atoms with Gasteiger partial charge in [-0.05, 0) is 35.9 Å². The van der Waals surface area contributed by atoms with Crippen LogP contribution in [-0.2, 0) is 16.1 Å².